The second-order valence-corrected chi connectivity index (χ2v) is 5.19. The van der Waals surface area contributed by atoms with E-state index in [1.54, 1.807) is 18.2 Å². The summed E-state index contributed by atoms with van der Waals surface area (Å²) >= 11 is 5.95. The van der Waals surface area contributed by atoms with Gasteiger partial charge >= 0.3 is 0 Å². The van der Waals surface area contributed by atoms with Gasteiger partial charge in [0, 0.05) is 17.1 Å². The Morgan fingerprint density at radius 3 is 3.14 bits per heavy atom. The highest BCUT2D eigenvalue weighted by Crippen LogP contribution is 2.25. The van der Waals surface area contributed by atoms with Gasteiger partial charge in [-0.05, 0) is 31.2 Å². The molecule has 1 aliphatic heterocycles. The van der Waals surface area contributed by atoms with E-state index in [0.29, 0.717) is 22.2 Å². The number of methoxy groups -OCH3 is 1. The van der Waals surface area contributed by atoms with E-state index in [1.165, 1.54) is 7.11 Å². The molecular weight excluding hydrogens is 292 g/mol. The molecular formula is C14H15ClN4O2. The van der Waals surface area contributed by atoms with Crippen LogP contribution in [0.3, 0.4) is 0 Å². The third-order valence-electron chi connectivity index (χ3n) is 3.44. The van der Waals surface area contributed by atoms with Crippen molar-refractivity contribution in [1.82, 2.24) is 15.5 Å². The predicted molar refractivity (Wildman–Crippen MR) is 80.0 cm³/mol. The largest absolute Gasteiger partial charge is 0.496 e. The van der Waals surface area contributed by atoms with Crippen molar-refractivity contribution < 1.29 is 9.53 Å². The Morgan fingerprint density at radius 1 is 1.48 bits per heavy atom. The van der Waals surface area contributed by atoms with Crippen LogP contribution in [0.15, 0.2) is 18.2 Å². The van der Waals surface area contributed by atoms with E-state index < -0.39 is 0 Å². The lowest BCUT2D eigenvalue weighted by molar-refractivity contribution is 0.102. The number of rotatable bonds is 3. The van der Waals surface area contributed by atoms with Crippen LogP contribution in [-0.4, -0.2) is 29.8 Å². The van der Waals surface area contributed by atoms with Crippen molar-refractivity contribution in [2.45, 2.75) is 13.0 Å². The van der Waals surface area contributed by atoms with Crippen molar-refractivity contribution in [3.05, 3.63) is 40.0 Å². The number of ether oxygens (including phenoxy) is 1. The highest BCUT2D eigenvalue weighted by atomic mass is 35.5. The molecule has 1 aromatic carbocycles. The van der Waals surface area contributed by atoms with Crippen LogP contribution in [-0.2, 0) is 13.0 Å². The number of amides is 1. The summed E-state index contributed by atoms with van der Waals surface area (Å²) in [5, 5.41) is 13.7. The number of carbonyl (C=O) groups excluding carboxylic acids is 1. The van der Waals surface area contributed by atoms with Crippen molar-refractivity contribution in [2.75, 3.05) is 19.0 Å². The Labute approximate surface area is 126 Å². The summed E-state index contributed by atoms with van der Waals surface area (Å²) in [6.07, 6.45) is 0.828. The summed E-state index contributed by atoms with van der Waals surface area (Å²) < 4.78 is 5.20. The first-order valence-corrected chi connectivity index (χ1v) is 6.98. The minimum Gasteiger partial charge on any atom is -0.496 e. The first-order valence-electron chi connectivity index (χ1n) is 6.60. The summed E-state index contributed by atoms with van der Waals surface area (Å²) in [6, 6.07) is 4.93. The first kappa shape index (κ1) is 13.9. The molecule has 2 heterocycles. The predicted octanol–water partition coefficient (Wildman–Crippen LogP) is 1.97. The van der Waals surface area contributed by atoms with Gasteiger partial charge in [-0.25, -0.2) is 0 Å². The average Bonchev–Trinajstić information content (AvgIpc) is 2.90. The fraction of sp³-hybridized carbons (Fsp3) is 0.286. The molecule has 3 rings (SSSR count). The van der Waals surface area contributed by atoms with Gasteiger partial charge in [0.2, 0.25) is 0 Å². The van der Waals surface area contributed by atoms with Gasteiger partial charge < -0.3 is 15.4 Å². The van der Waals surface area contributed by atoms with Gasteiger partial charge in [0.25, 0.3) is 5.91 Å². The molecule has 0 unspecified atom stereocenters. The maximum absolute atomic E-state index is 12.4. The molecule has 7 heteroatoms. The maximum atomic E-state index is 12.4. The van der Waals surface area contributed by atoms with Crippen molar-refractivity contribution >= 4 is 23.3 Å². The van der Waals surface area contributed by atoms with Gasteiger partial charge in [-0.15, -0.1) is 0 Å². The standard InChI is InChI=1S/C14H15ClN4O2/c1-21-12-3-2-8(15)6-10(12)14(20)17-13-9-4-5-16-7-11(9)18-19-13/h2-3,6,16H,4-5,7H2,1H3,(H2,17,18,19,20). The molecule has 0 bridgehead atoms. The lowest BCUT2D eigenvalue weighted by Gasteiger charge is -2.13. The van der Waals surface area contributed by atoms with E-state index in [0.717, 1.165) is 30.8 Å². The van der Waals surface area contributed by atoms with Gasteiger partial charge in [0.1, 0.15) is 5.75 Å². The number of benzene rings is 1. The molecule has 0 radical (unpaired) electrons. The Balaban J connectivity index is 1.87. The van der Waals surface area contributed by atoms with Crippen LogP contribution < -0.4 is 15.4 Å². The van der Waals surface area contributed by atoms with E-state index in [1.807, 2.05) is 0 Å². The number of hydrogen-bond donors (Lipinski definition) is 3. The zero-order chi connectivity index (χ0) is 14.8. The third-order valence-corrected chi connectivity index (χ3v) is 3.68. The van der Waals surface area contributed by atoms with Crippen LogP contribution in [0.4, 0.5) is 5.82 Å². The van der Waals surface area contributed by atoms with Crippen LogP contribution in [0, 0.1) is 0 Å². The number of aromatic amines is 1. The number of nitrogens with zero attached hydrogens (tertiary/aromatic N) is 1. The minimum atomic E-state index is -0.290. The van der Waals surface area contributed by atoms with Crippen LogP contribution in [0.1, 0.15) is 21.6 Å². The average molecular weight is 307 g/mol. The number of H-pyrrole nitrogens is 1. The number of carbonyl (C=O) groups is 1. The van der Waals surface area contributed by atoms with Gasteiger partial charge in [0.15, 0.2) is 5.82 Å². The van der Waals surface area contributed by atoms with Crippen LogP contribution in [0.2, 0.25) is 5.02 Å². The number of fused-ring (bicyclic) bond motifs is 1. The van der Waals surface area contributed by atoms with Crippen molar-refractivity contribution in [1.29, 1.82) is 0 Å². The molecule has 0 atom stereocenters. The second-order valence-electron chi connectivity index (χ2n) is 4.75. The van der Waals surface area contributed by atoms with Crippen molar-refractivity contribution in [2.24, 2.45) is 0 Å². The molecule has 1 aliphatic rings. The molecule has 0 saturated carbocycles. The lowest BCUT2D eigenvalue weighted by Crippen LogP contribution is -2.24. The Hall–Kier alpha value is -2.05. The molecule has 2 aromatic rings. The molecule has 3 N–H and O–H groups in total. The number of hydrogen-bond acceptors (Lipinski definition) is 4. The van der Waals surface area contributed by atoms with Crippen LogP contribution >= 0.6 is 11.6 Å². The van der Waals surface area contributed by atoms with Gasteiger partial charge in [0.05, 0.1) is 18.4 Å². The summed E-state index contributed by atoms with van der Waals surface area (Å²) in [6.45, 7) is 1.61. The summed E-state index contributed by atoms with van der Waals surface area (Å²) in [4.78, 5) is 12.4. The number of anilines is 1. The molecule has 1 amide bonds. The molecule has 0 aliphatic carbocycles. The highest BCUT2D eigenvalue weighted by Gasteiger charge is 2.20. The molecule has 0 spiro atoms. The molecule has 0 saturated heterocycles. The van der Waals surface area contributed by atoms with E-state index in [-0.39, 0.29) is 5.91 Å². The minimum absolute atomic E-state index is 0.290. The fourth-order valence-electron chi connectivity index (χ4n) is 2.38. The molecule has 110 valence electrons. The maximum Gasteiger partial charge on any atom is 0.260 e. The smallest absolute Gasteiger partial charge is 0.260 e. The highest BCUT2D eigenvalue weighted by molar-refractivity contribution is 6.31. The number of nitrogens with one attached hydrogen (secondary N) is 3. The van der Waals surface area contributed by atoms with E-state index in [4.69, 9.17) is 16.3 Å². The fourth-order valence-corrected chi connectivity index (χ4v) is 2.55. The molecule has 0 fully saturated rings. The zero-order valence-corrected chi connectivity index (χ0v) is 12.3. The van der Waals surface area contributed by atoms with Gasteiger partial charge in [-0.1, -0.05) is 11.6 Å². The normalized spacial score (nSPS) is 13.6. The monoisotopic (exact) mass is 306 g/mol. The Kier molecular flexibility index (Phi) is 3.81. The third kappa shape index (κ3) is 2.72. The molecule has 21 heavy (non-hydrogen) atoms. The lowest BCUT2D eigenvalue weighted by atomic mass is 10.1. The second kappa shape index (κ2) is 5.75. The van der Waals surface area contributed by atoms with Gasteiger partial charge in [-0.3, -0.25) is 9.89 Å². The van der Waals surface area contributed by atoms with Crippen molar-refractivity contribution in [3.8, 4) is 5.75 Å². The number of aromatic nitrogens is 2. The number of halogens is 1. The summed E-state index contributed by atoms with van der Waals surface area (Å²) in [7, 11) is 1.52. The first-order chi connectivity index (χ1) is 10.2. The Bertz CT molecular complexity index is 684. The molecule has 1 aromatic heterocycles. The van der Waals surface area contributed by atoms with E-state index in [2.05, 4.69) is 20.8 Å². The van der Waals surface area contributed by atoms with E-state index >= 15 is 0 Å². The zero-order valence-electron chi connectivity index (χ0n) is 11.5. The Morgan fingerprint density at radius 2 is 2.33 bits per heavy atom. The topological polar surface area (TPSA) is 79.0 Å². The van der Waals surface area contributed by atoms with Crippen molar-refractivity contribution in [3.63, 3.8) is 0 Å². The summed E-state index contributed by atoms with van der Waals surface area (Å²) in [5.74, 6) is 0.753. The SMILES string of the molecule is COc1ccc(Cl)cc1C(=O)Nc1n[nH]c2c1CCNC2. The van der Waals surface area contributed by atoms with Crippen LogP contribution in [0.25, 0.3) is 0 Å². The quantitative estimate of drug-likeness (QED) is 0.810. The van der Waals surface area contributed by atoms with Gasteiger partial charge in [-0.2, -0.15) is 5.10 Å². The molecule has 6 nitrogen and oxygen atoms in total. The summed E-state index contributed by atoms with van der Waals surface area (Å²) in [5.41, 5.74) is 2.44. The van der Waals surface area contributed by atoms with Crippen LogP contribution in [0.5, 0.6) is 5.75 Å². The van der Waals surface area contributed by atoms with E-state index in [9.17, 15) is 4.79 Å².